The molecule has 166 valence electrons. The maximum Gasteiger partial charge on any atom is 0.191 e. The molecule has 9 heteroatoms. The second-order valence-electron chi connectivity index (χ2n) is 6.77. The molecule has 1 aliphatic heterocycles. The molecular formula is C21H30ClIN4O3. The van der Waals surface area contributed by atoms with E-state index in [0.29, 0.717) is 17.3 Å². The Balaban J connectivity index is 0.00000320. The molecule has 0 bridgehead atoms. The molecule has 1 aromatic carbocycles. The fourth-order valence-electron chi connectivity index (χ4n) is 3.07. The van der Waals surface area contributed by atoms with Gasteiger partial charge in [0.1, 0.15) is 11.5 Å². The Morgan fingerprint density at radius 3 is 2.70 bits per heavy atom. The zero-order chi connectivity index (χ0) is 20.3. The minimum Gasteiger partial charge on any atom is -0.495 e. The second-order valence-corrected chi connectivity index (χ2v) is 7.18. The number of morpholine rings is 1. The van der Waals surface area contributed by atoms with Crippen molar-refractivity contribution in [3.63, 3.8) is 0 Å². The SMILES string of the molecule is COc1ccc(CN=C(NCCc2ccco2)NCCN2CCOCC2)cc1Cl.I. The van der Waals surface area contributed by atoms with Crippen molar-refractivity contribution in [3.8, 4) is 5.75 Å². The van der Waals surface area contributed by atoms with Gasteiger partial charge in [0.25, 0.3) is 0 Å². The van der Waals surface area contributed by atoms with Crippen molar-refractivity contribution < 1.29 is 13.9 Å². The summed E-state index contributed by atoms with van der Waals surface area (Å²) in [5.41, 5.74) is 1.02. The van der Waals surface area contributed by atoms with E-state index in [2.05, 4.69) is 15.5 Å². The van der Waals surface area contributed by atoms with Gasteiger partial charge in [0, 0.05) is 39.1 Å². The van der Waals surface area contributed by atoms with Gasteiger partial charge in [-0.05, 0) is 29.8 Å². The number of halogens is 2. The summed E-state index contributed by atoms with van der Waals surface area (Å²) < 4.78 is 16.0. The Bertz CT molecular complexity index is 768. The van der Waals surface area contributed by atoms with Crippen LogP contribution in [0.1, 0.15) is 11.3 Å². The van der Waals surface area contributed by atoms with Gasteiger partial charge in [0.05, 0.1) is 38.2 Å². The minimum absolute atomic E-state index is 0. The number of nitrogens with one attached hydrogen (secondary N) is 2. The molecule has 7 nitrogen and oxygen atoms in total. The number of methoxy groups -OCH3 is 1. The van der Waals surface area contributed by atoms with Crippen molar-refractivity contribution >= 4 is 41.5 Å². The fourth-order valence-corrected chi connectivity index (χ4v) is 3.35. The summed E-state index contributed by atoms with van der Waals surface area (Å²) in [6.07, 6.45) is 2.49. The highest BCUT2D eigenvalue weighted by Crippen LogP contribution is 2.25. The van der Waals surface area contributed by atoms with Crippen LogP contribution in [0.5, 0.6) is 5.75 Å². The van der Waals surface area contributed by atoms with Gasteiger partial charge in [-0.2, -0.15) is 0 Å². The molecule has 2 N–H and O–H groups in total. The molecule has 0 radical (unpaired) electrons. The highest BCUT2D eigenvalue weighted by atomic mass is 127. The van der Waals surface area contributed by atoms with Crippen LogP contribution in [0, 0.1) is 0 Å². The van der Waals surface area contributed by atoms with Gasteiger partial charge in [0.15, 0.2) is 5.96 Å². The molecule has 0 amide bonds. The van der Waals surface area contributed by atoms with E-state index in [1.165, 1.54) is 0 Å². The van der Waals surface area contributed by atoms with Crippen molar-refractivity contribution in [3.05, 3.63) is 52.9 Å². The number of nitrogens with zero attached hydrogens (tertiary/aromatic N) is 2. The summed E-state index contributed by atoms with van der Waals surface area (Å²) in [7, 11) is 1.61. The number of hydrogen-bond donors (Lipinski definition) is 2. The van der Waals surface area contributed by atoms with Gasteiger partial charge < -0.3 is 24.5 Å². The van der Waals surface area contributed by atoms with Crippen LogP contribution in [0.25, 0.3) is 0 Å². The number of rotatable bonds is 9. The van der Waals surface area contributed by atoms with Crippen LogP contribution in [-0.4, -0.2) is 63.9 Å². The average molecular weight is 549 g/mol. The van der Waals surface area contributed by atoms with Crippen LogP contribution >= 0.6 is 35.6 Å². The first-order chi connectivity index (χ1) is 14.2. The summed E-state index contributed by atoms with van der Waals surface area (Å²) in [6.45, 7) is 6.60. The van der Waals surface area contributed by atoms with Crippen LogP contribution in [-0.2, 0) is 17.7 Å². The van der Waals surface area contributed by atoms with E-state index in [1.807, 2.05) is 30.3 Å². The lowest BCUT2D eigenvalue weighted by atomic mass is 10.2. The van der Waals surface area contributed by atoms with E-state index < -0.39 is 0 Å². The third kappa shape index (κ3) is 8.33. The van der Waals surface area contributed by atoms with Crippen molar-refractivity contribution in [1.29, 1.82) is 0 Å². The number of ether oxygens (including phenoxy) is 2. The molecule has 0 saturated carbocycles. The molecule has 2 aromatic rings. The fraction of sp³-hybridized carbons (Fsp3) is 0.476. The van der Waals surface area contributed by atoms with Crippen LogP contribution in [0.15, 0.2) is 46.0 Å². The summed E-state index contributed by atoms with van der Waals surface area (Å²) in [5, 5.41) is 7.39. The van der Waals surface area contributed by atoms with Crippen LogP contribution in [0.2, 0.25) is 5.02 Å². The topological polar surface area (TPSA) is 71.3 Å². The van der Waals surface area contributed by atoms with Crippen LogP contribution in [0.3, 0.4) is 0 Å². The van der Waals surface area contributed by atoms with Gasteiger partial charge in [-0.1, -0.05) is 17.7 Å². The number of hydrogen-bond acceptors (Lipinski definition) is 5. The third-order valence-corrected chi connectivity index (χ3v) is 5.00. The molecule has 1 saturated heterocycles. The third-order valence-electron chi connectivity index (χ3n) is 4.70. The highest BCUT2D eigenvalue weighted by Gasteiger charge is 2.10. The number of benzene rings is 1. The van der Waals surface area contributed by atoms with Gasteiger partial charge in [0.2, 0.25) is 0 Å². The maximum absolute atomic E-state index is 6.22. The monoisotopic (exact) mass is 548 g/mol. The van der Waals surface area contributed by atoms with E-state index in [0.717, 1.165) is 69.6 Å². The lowest BCUT2D eigenvalue weighted by Crippen LogP contribution is -2.44. The normalized spacial score (nSPS) is 14.8. The maximum atomic E-state index is 6.22. The van der Waals surface area contributed by atoms with Crippen molar-refractivity contribution in [2.24, 2.45) is 4.99 Å². The largest absolute Gasteiger partial charge is 0.495 e. The number of guanidine groups is 1. The number of aliphatic imine (C=N–C) groups is 1. The van der Waals surface area contributed by atoms with Gasteiger partial charge in [-0.3, -0.25) is 4.90 Å². The Hall–Kier alpha value is -1.49. The van der Waals surface area contributed by atoms with E-state index >= 15 is 0 Å². The molecule has 1 fully saturated rings. The molecule has 2 heterocycles. The zero-order valence-electron chi connectivity index (χ0n) is 17.2. The lowest BCUT2D eigenvalue weighted by Gasteiger charge is -2.26. The smallest absolute Gasteiger partial charge is 0.191 e. The summed E-state index contributed by atoms with van der Waals surface area (Å²) in [6, 6.07) is 9.60. The van der Waals surface area contributed by atoms with Gasteiger partial charge in [-0.15, -0.1) is 24.0 Å². The first-order valence-corrected chi connectivity index (χ1v) is 10.3. The minimum atomic E-state index is 0. The highest BCUT2D eigenvalue weighted by molar-refractivity contribution is 14.0. The average Bonchev–Trinajstić information content (AvgIpc) is 3.26. The molecular weight excluding hydrogens is 519 g/mol. The predicted octanol–water partition coefficient (Wildman–Crippen LogP) is 3.17. The first kappa shape index (κ1) is 24.8. The summed E-state index contributed by atoms with van der Waals surface area (Å²) in [5.74, 6) is 2.39. The summed E-state index contributed by atoms with van der Waals surface area (Å²) >= 11 is 6.22. The van der Waals surface area contributed by atoms with E-state index in [4.69, 9.17) is 30.5 Å². The van der Waals surface area contributed by atoms with E-state index in [-0.39, 0.29) is 24.0 Å². The van der Waals surface area contributed by atoms with Crippen molar-refractivity contribution in [1.82, 2.24) is 15.5 Å². The molecule has 0 spiro atoms. The zero-order valence-corrected chi connectivity index (χ0v) is 20.3. The van der Waals surface area contributed by atoms with Crippen molar-refractivity contribution in [2.75, 3.05) is 53.0 Å². The van der Waals surface area contributed by atoms with Gasteiger partial charge in [-0.25, -0.2) is 4.99 Å². The van der Waals surface area contributed by atoms with Crippen molar-refractivity contribution in [2.45, 2.75) is 13.0 Å². The van der Waals surface area contributed by atoms with Gasteiger partial charge >= 0.3 is 0 Å². The summed E-state index contributed by atoms with van der Waals surface area (Å²) in [4.78, 5) is 7.10. The van der Waals surface area contributed by atoms with E-state index in [9.17, 15) is 0 Å². The Kier molecular flexibility index (Phi) is 11.3. The van der Waals surface area contributed by atoms with Crippen LogP contribution in [0.4, 0.5) is 0 Å². The standard InChI is InChI=1S/C21H29ClN4O3.HI/c1-27-20-5-4-17(15-19(20)22)16-25-21(23-7-6-18-3-2-12-29-18)24-8-9-26-10-13-28-14-11-26;/h2-5,12,15H,6-11,13-14,16H2,1H3,(H2,23,24,25);1H. The first-order valence-electron chi connectivity index (χ1n) is 9.91. The molecule has 0 atom stereocenters. The molecule has 0 unspecified atom stereocenters. The molecule has 1 aromatic heterocycles. The Morgan fingerprint density at radius 2 is 2.00 bits per heavy atom. The quantitative estimate of drug-likeness (QED) is 0.285. The second kappa shape index (κ2) is 13.7. The Morgan fingerprint density at radius 1 is 1.20 bits per heavy atom. The Labute approximate surface area is 200 Å². The molecule has 3 rings (SSSR count). The lowest BCUT2D eigenvalue weighted by molar-refractivity contribution is 0.0389. The number of furan rings is 1. The predicted molar refractivity (Wildman–Crippen MR) is 130 cm³/mol. The van der Waals surface area contributed by atoms with Crippen LogP contribution < -0.4 is 15.4 Å². The molecule has 0 aliphatic carbocycles. The molecule has 30 heavy (non-hydrogen) atoms. The van der Waals surface area contributed by atoms with E-state index in [1.54, 1.807) is 13.4 Å². The molecule has 1 aliphatic rings.